The summed E-state index contributed by atoms with van der Waals surface area (Å²) in [6.45, 7) is 3.81. The summed E-state index contributed by atoms with van der Waals surface area (Å²) in [4.78, 5) is 57.7. The second-order valence-electron chi connectivity index (χ2n) is 9.94. The maximum Gasteiger partial charge on any atom is 0.352 e. The number of nitrogens with zero attached hydrogens (tertiary/aromatic N) is 4. The average molecular weight is 586 g/mol. The molecule has 0 aliphatic carbocycles. The number of carbonyl (C=O) groups is 4. The van der Waals surface area contributed by atoms with Crippen LogP contribution in [-0.2, 0) is 20.9 Å². The molecule has 12 nitrogen and oxygen atoms in total. The van der Waals surface area contributed by atoms with Crippen LogP contribution >= 0.6 is 23.1 Å². The van der Waals surface area contributed by atoms with E-state index in [1.165, 1.54) is 41.2 Å². The van der Waals surface area contributed by atoms with E-state index >= 15 is 0 Å². The molecular weight excluding hydrogens is 556 g/mol. The van der Waals surface area contributed by atoms with Gasteiger partial charge in [0.05, 0.1) is 33.4 Å². The molecule has 3 aromatic heterocycles. The Morgan fingerprint density at radius 2 is 2.05 bits per heavy atom. The number of thioether (sulfide) groups is 1. The molecule has 0 bridgehead atoms. The van der Waals surface area contributed by atoms with Gasteiger partial charge in [0, 0.05) is 17.7 Å². The maximum absolute atomic E-state index is 13.7. The number of aromatic nitrogens is 3. The zero-order valence-electron chi connectivity index (χ0n) is 21.8. The van der Waals surface area contributed by atoms with Gasteiger partial charge in [-0.1, -0.05) is 6.92 Å². The summed E-state index contributed by atoms with van der Waals surface area (Å²) >= 11 is 2.72. The Bertz CT molecular complexity index is 1580. The molecule has 210 valence electrons. The largest absolute Gasteiger partial charge is 0.477 e. The average Bonchev–Trinajstić information content (AvgIpc) is 3.53. The lowest BCUT2D eigenvalue weighted by atomic mass is 9.77. The van der Waals surface area contributed by atoms with Gasteiger partial charge in [-0.25, -0.2) is 9.78 Å². The van der Waals surface area contributed by atoms with E-state index in [9.17, 15) is 29.4 Å². The lowest BCUT2D eigenvalue weighted by Gasteiger charge is -2.46. The number of fused-ring (bicyclic) bond motifs is 2. The first-order chi connectivity index (χ1) is 19.0. The third-order valence-corrected chi connectivity index (χ3v) is 9.37. The number of aliphatic carboxylic acids is 1. The Morgan fingerprint density at radius 1 is 1.30 bits per heavy atom. The Kier molecular flexibility index (Phi) is 7.52. The fourth-order valence-electron chi connectivity index (χ4n) is 5.46. The number of thiazole rings is 1. The number of hydrogen-bond donors (Lipinski definition) is 4. The number of carboxylic acids is 1. The third kappa shape index (κ3) is 4.70. The van der Waals surface area contributed by atoms with E-state index in [4.69, 9.17) is 11.5 Å². The minimum Gasteiger partial charge on any atom is -0.477 e. The van der Waals surface area contributed by atoms with Crippen molar-refractivity contribution in [2.24, 2.45) is 23.3 Å². The summed E-state index contributed by atoms with van der Waals surface area (Å²) in [5, 5.41) is 20.1. The lowest BCUT2D eigenvalue weighted by molar-refractivity contribution is -0.686. The van der Waals surface area contributed by atoms with Gasteiger partial charge in [-0.2, -0.15) is 4.57 Å². The molecule has 1 saturated heterocycles. The van der Waals surface area contributed by atoms with E-state index < -0.39 is 35.8 Å². The van der Waals surface area contributed by atoms with Gasteiger partial charge < -0.3 is 26.6 Å². The van der Waals surface area contributed by atoms with Gasteiger partial charge in [0.1, 0.15) is 22.5 Å². The van der Waals surface area contributed by atoms with Crippen LogP contribution in [0, 0.1) is 11.8 Å². The van der Waals surface area contributed by atoms with Crippen LogP contribution in [0.1, 0.15) is 41.2 Å². The van der Waals surface area contributed by atoms with Crippen LogP contribution in [0.2, 0.25) is 0 Å². The molecule has 3 aromatic rings. The Hall–Kier alpha value is -3.59. The smallest absolute Gasteiger partial charge is 0.352 e. The second kappa shape index (κ2) is 10.8. The topological polar surface area (TPSA) is 185 Å². The quantitative estimate of drug-likeness (QED) is 0.0817. The molecule has 4 atom stereocenters. The number of carboxylic acid groups (broad SMARTS) is 1. The molecule has 0 radical (unpaired) electrons. The number of carbonyl (C=O) groups excluding carboxylic acids is 3. The highest BCUT2D eigenvalue weighted by molar-refractivity contribution is 7.99. The highest BCUT2D eigenvalue weighted by Crippen LogP contribution is 2.51. The number of nitrogens with two attached hydrogens (primary N) is 2. The molecule has 5 rings (SSSR count). The maximum atomic E-state index is 13.7. The van der Waals surface area contributed by atoms with E-state index in [1.807, 2.05) is 6.92 Å². The summed E-state index contributed by atoms with van der Waals surface area (Å²) in [6.07, 6.45) is 6.38. The normalized spacial score (nSPS) is 21.1. The van der Waals surface area contributed by atoms with E-state index in [1.54, 1.807) is 33.6 Å². The van der Waals surface area contributed by atoms with Crippen LogP contribution in [0.15, 0.2) is 41.6 Å². The van der Waals surface area contributed by atoms with Crippen LogP contribution < -0.4 is 16.0 Å². The number of aliphatic hydroxyl groups excluding tert-OH is 1. The molecule has 0 aromatic carbocycles. The van der Waals surface area contributed by atoms with Crippen molar-refractivity contribution in [3.8, 4) is 0 Å². The van der Waals surface area contributed by atoms with Gasteiger partial charge in [0.25, 0.3) is 5.91 Å². The monoisotopic (exact) mass is 585 g/mol. The minimum atomic E-state index is -1.22. The van der Waals surface area contributed by atoms with Crippen molar-refractivity contribution in [3.05, 3.63) is 52.8 Å². The van der Waals surface area contributed by atoms with E-state index in [-0.39, 0.29) is 29.6 Å². The molecule has 0 unspecified atom stereocenters. The Labute approximate surface area is 237 Å². The number of β-lactam (4-membered cyclic amide) rings is 1. The first-order valence-corrected chi connectivity index (χ1v) is 14.5. The van der Waals surface area contributed by atoms with Gasteiger partial charge in [-0.15, -0.1) is 23.1 Å². The number of hydrogen-bond acceptors (Lipinski definition) is 9. The Morgan fingerprint density at radius 3 is 2.70 bits per heavy atom. The molecule has 1 fully saturated rings. The fraction of sp³-hybridized carbons (Fsp3) is 0.385. The van der Waals surface area contributed by atoms with Crippen LogP contribution in [0.3, 0.4) is 0 Å². The standard InChI is InChI=1S/C26H28N6O6S2/c1-12-18(22(26(37)38)32-21(12)19(13(2)33)24(32)36)16-9-31-11-29-20(25(31)40-16)23(35)14-6-15(39-5-3-4-27)8-30(7-14)10-17(28)34/h6-9,11-13,19,21,33H,3-5,10,27H2,1-2H3,(H2-,28,34,37,38)/p+1/t12-,13+,19+,21+/m0/s1. The van der Waals surface area contributed by atoms with Crippen molar-refractivity contribution in [3.63, 3.8) is 0 Å². The zero-order chi connectivity index (χ0) is 28.9. The first-order valence-electron chi connectivity index (χ1n) is 12.7. The van der Waals surface area contributed by atoms with Crippen LogP contribution in [0.25, 0.3) is 10.4 Å². The number of aliphatic hydroxyl groups is 1. The molecule has 5 heterocycles. The molecule has 0 saturated carbocycles. The summed E-state index contributed by atoms with van der Waals surface area (Å²) in [7, 11) is 0. The van der Waals surface area contributed by atoms with Crippen molar-refractivity contribution < 1.29 is 34.0 Å². The minimum absolute atomic E-state index is 0.0961. The van der Waals surface area contributed by atoms with Crippen LogP contribution in [0.5, 0.6) is 0 Å². The van der Waals surface area contributed by atoms with E-state index in [0.717, 1.165) is 17.1 Å². The highest BCUT2D eigenvalue weighted by atomic mass is 32.2. The summed E-state index contributed by atoms with van der Waals surface area (Å²) in [5.74, 6) is -2.82. The molecule has 2 aliphatic heterocycles. The van der Waals surface area contributed by atoms with Crippen molar-refractivity contribution in [2.45, 2.75) is 43.9 Å². The Balaban J connectivity index is 1.52. The number of primary amides is 1. The molecular formula is C26H29N6O6S2+. The van der Waals surface area contributed by atoms with Crippen molar-refractivity contribution in [1.29, 1.82) is 0 Å². The number of imidazole rings is 1. The third-order valence-electron chi connectivity index (χ3n) is 7.18. The van der Waals surface area contributed by atoms with Gasteiger partial charge >= 0.3 is 5.97 Å². The molecule has 2 amide bonds. The van der Waals surface area contributed by atoms with Gasteiger partial charge in [0.2, 0.25) is 18.2 Å². The first kappa shape index (κ1) is 28.0. The van der Waals surface area contributed by atoms with Crippen molar-refractivity contribution >= 4 is 57.1 Å². The van der Waals surface area contributed by atoms with Gasteiger partial charge in [0.15, 0.2) is 12.4 Å². The second-order valence-corrected chi connectivity index (χ2v) is 12.1. The molecule has 6 N–H and O–H groups in total. The highest BCUT2D eigenvalue weighted by Gasteiger charge is 2.60. The van der Waals surface area contributed by atoms with Gasteiger partial charge in [-0.3, -0.25) is 18.8 Å². The van der Waals surface area contributed by atoms with E-state index in [0.29, 0.717) is 27.4 Å². The van der Waals surface area contributed by atoms with Crippen LogP contribution in [-0.4, -0.2) is 72.5 Å². The predicted octanol–water partition coefficient (Wildman–Crippen LogP) is 0.494. The number of rotatable bonds is 11. The summed E-state index contributed by atoms with van der Waals surface area (Å²) in [6, 6.07) is 1.28. The van der Waals surface area contributed by atoms with Gasteiger partial charge in [-0.05, 0) is 31.7 Å². The van der Waals surface area contributed by atoms with E-state index in [2.05, 4.69) is 4.98 Å². The molecule has 0 spiro atoms. The summed E-state index contributed by atoms with van der Waals surface area (Å²) < 4.78 is 3.23. The fourth-order valence-corrected chi connectivity index (χ4v) is 7.65. The zero-order valence-corrected chi connectivity index (χ0v) is 23.4. The number of pyridine rings is 1. The van der Waals surface area contributed by atoms with Crippen molar-refractivity contribution in [2.75, 3.05) is 12.3 Å². The number of amides is 2. The lowest BCUT2D eigenvalue weighted by Crippen LogP contribution is -2.63. The SMILES string of the molecule is C[C@@H](O)[C@H]1C(=O)N2C(C(=O)O)=C(c3cn4cnc(C(=O)c5cc(SCCCN)c[n+](CC(N)=O)c5)c4s3)[C@H](C)[C@H]12. The molecule has 2 aliphatic rings. The predicted molar refractivity (Wildman–Crippen MR) is 146 cm³/mol. The summed E-state index contributed by atoms with van der Waals surface area (Å²) in [5.41, 5.74) is 11.9. The molecule has 40 heavy (non-hydrogen) atoms. The number of ketones is 1. The van der Waals surface area contributed by atoms with Crippen LogP contribution in [0.4, 0.5) is 0 Å². The van der Waals surface area contributed by atoms with Crippen molar-refractivity contribution in [1.82, 2.24) is 14.3 Å². The molecule has 14 heteroatoms.